The largest absolute Gasteiger partial charge is 0.383 e. The molecule has 2 amide bonds. The number of ether oxygens (including phenoxy) is 1. The van der Waals surface area contributed by atoms with E-state index in [2.05, 4.69) is 15.5 Å². The Morgan fingerprint density at radius 3 is 2.84 bits per heavy atom. The maximum absolute atomic E-state index is 12.1. The number of likely N-dealkylation sites (tertiary alicyclic amines) is 1. The summed E-state index contributed by atoms with van der Waals surface area (Å²) in [6.07, 6.45) is 5.20. The van der Waals surface area contributed by atoms with E-state index < -0.39 is 5.54 Å². The van der Waals surface area contributed by atoms with Crippen molar-refractivity contribution >= 4 is 11.8 Å². The molecule has 1 aliphatic heterocycles. The zero-order chi connectivity index (χ0) is 17.9. The third-order valence-corrected chi connectivity index (χ3v) is 5.12. The molecule has 1 atom stereocenters. The van der Waals surface area contributed by atoms with Crippen LogP contribution in [0.1, 0.15) is 63.1 Å². The van der Waals surface area contributed by atoms with Gasteiger partial charge in [0, 0.05) is 33.5 Å². The monoisotopic (exact) mass is 350 g/mol. The van der Waals surface area contributed by atoms with Crippen LogP contribution in [0.2, 0.25) is 0 Å². The zero-order valence-electron chi connectivity index (χ0n) is 14.9. The predicted octanol–water partition coefficient (Wildman–Crippen LogP) is 1.33. The van der Waals surface area contributed by atoms with Crippen LogP contribution in [0.5, 0.6) is 0 Å². The van der Waals surface area contributed by atoms with Gasteiger partial charge in [-0.2, -0.15) is 4.98 Å². The van der Waals surface area contributed by atoms with Crippen molar-refractivity contribution in [2.24, 2.45) is 0 Å². The lowest BCUT2D eigenvalue weighted by atomic mass is 9.81. The number of rotatable bonds is 6. The lowest BCUT2D eigenvalue weighted by Crippen LogP contribution is -2.47. The van der Waals surface area contributed by atoms with Gasteiger partial charge < -0.3 is 19.5 Å². The van der Waals surface area contributed by atoms with Gasteiger partial charge >= 0.3 is 0 Å². The summed E-state index contributed by atoms with van der Waals surface area (Å²) in [5, 5.41) is 7.21. The maximum atomic E-state index is 12.1. The molecule has 0 spiro atoms. The summed E-state index contributed by atoms with van der Waals surface area (Å²) in [4.78, 5) is 30.1. The van der Waals surface area contributed by atoms with Crippen molar-refractivity contribution < 1.29 is 18.8 Å². The third kappa shape index (κ3) is 3.84. The van der Waals surface area contributed by atoms with Crippen molar-refractivity contribution in [3.63, 3.8) is 0 Å². The fourth-order valence-corrected chi connectivity index (χ4v) is 3.85. The minimum Gasteiger partial charge on any atom is -0.383 e. The van der Waals surface area contributed by atoms with Gasteiger partial charge in [0.15, 0.2) is 5.82 Å². The van der Waals surface area contributed by atoms with E-state index in [1.807, 2.05) is 0 Å². The topological polar surface area (TPSA) is 97.6 Å². The fourth-order valence-electron chi connectivity index (χ4n) is 3.85. The van der Waals surface area contributed by atoms with Crippen LogP contribution in [-0.2, 0) is 19.9 Å². The van der Waals surface area contributed by atoms with Crippen LogP contribution in [-0.4, -0.2) is 53.7 Å². The second-order valence-electron chi connectivity index (χ2n) is 7.01. The Balaban J connectivity index is 1.75. The van der Waals surface area contributed by atoms with Crippen LogP contribution in [0.3, 0.4) is 0 Å². The number of hydrogen-bond donors (Lipinski definition) is 1. The Morgan fingerprint density at radius 2 is 2.16 bits per heavy atom. The number of aromatic nitrogens is 2. The van der Waals surface area contributed by atoms with Gasteiger partial charge in [0.25, 0.3) is 0 Å². The molecule has 1 saturated heterocycles. The zero-order valence-corrected chi connectivity index (χ0v) is 14.9. The highest BCUT2D eigenvalue weighted by molar-refractivity contribution is 5.79. The van der Waals surface area contributed by atoms with Crippen LogP contribution >= 0.6 is 0 Å². The first-order valence-electron chi connectivity index (χ1n) is 8.93. The normalized spacial score (nSPS) is 23.0. The molecule has 138 valence electrons. The Kier molecular flexibility index (Phi) is 5.36. The smallest absolute Gasteiger partial charge is 0.232 e. The summed E-state index contributed by atoms with van der Waals surface area (Å²) in [5.41, 5.74) is -0.538. The molecule has 8 nitrogen and oxygen atoms in total. The molecular formula is C17H26N4O4. The molecule has 1 N–H and O–H groups in total. The number of methoxy groups -OCH3 is 1. The SMILES string of the molecule is COCCN1C[C@@H](c2nc(C3(NC(C)=O)CCCCC3)no2)CC1=O. The van der Waals surface area contributed by atoms with E-state index in [1.165, 1.54) is 6.92 Å². The molecule has 0 radical (unpaired) electrons. The number of carbonyl (C=O) groups is 2. The molecule has 0 aromatic carbocycles. The first-order valence-corrected chi connectivity index (χ1v) is 8.93. The number of amides is 2. The predicted molar refractivity (Wildman–Crippen MR) is 88.7 cm³/mol. The number of nitrogens with zero attached hydrogens (tertiary/aromatic N) is 3. The van der Waals surface area contributed by atoms with Gasteiger partial charge in [-0.15, -0.1) is 0 Å². The van der Waals surface area contributed by atoms with Crippen LogP contribution < -0.4 is 5.32 Å². The molecule has 3 rings (SSSR count). The van der Waals surface area contributed by atoms with Crippen LogP contribution in [0, 0.1) is 0 Å². The molecule has 1 aromatic rings. The number of hydrogen-bond acceptors (Lipinski definition) is 6. The summed E-state index contributed by atoms with van der Waals surface area (Å²) in [6, 6.07) is 0. The molecule has 1 aliphatic carbocycles. The lowest BCUT2D eigenvalue weighted by molar-refractivity contribution is -0.128. The van der Waals surface area contributed by atoms with Gasteiger partial charge in [-0.25, -0.2) is 0 Å². The van der Waals surface area contributed by atoms with Gasteiger partial charge in [0.2, 0.25) is 17.7 Å². The minimum absolute atomic E-state index is 0.0797. The Morgan fingerprint density at radius 1 is 1.40 bits per heavy atom. The second kappa shape index (κ2) is 7.51. The fraction of sp³-hybridized carbons (Fsp3) is 0.765. The van der Waals surface area contributed by atoms with Crippen molar-refractivity contribution in [2.75, 3.05) is 26.8 Å². The van der Waals surface area contributed by atoms with E-state index in [-0.39, 0.29) is 17.7 Å². The summed E-state index contributed by atoms with van der Waals surface area (Å²) >= 11 is 0. The lowest BCUT2D eigenvalue weighted by Gasteiger charge is -2.34. The number of carbonyl (C=O) groups excluding carboxylic acids is 2. The Hall–Kier alpha value is -1.96. The van der Waals surface area contributed by atoms with E-state index in [4.69, 9.17) is 9.26 Å². The standard InChI is InChI=1S/C17H26N4O4/c1-12(22)19-17(6-4-3-5-7-17)16-18-15(25-20-16)13-10-14(23)21(11-13)8-9-24-2/h13H,3-11H2,1-2H3,(H,19,22)/t13-/m0/s1. The maximum Gasteiger partial charge on any atom is 0.232 e. The van der Waals surface area contributed by atoms with Crippen molar-refractivity contribution in [2.45, 2.75) is 56.9 Å². The van der Waals surface area contributed by atoms with Crippen LogP contribution in [0.25, 0.3) is 0 Å². The van der Waals surface area contributed by atoms with Crippen LogP contribution in [0.15, 0.2) is 4.52 Å². The van der Waals surface area contributed by atoms with E-state index in [9.17, 15) is 9.59 Å². The first-order chi connectivity index (χ1) is 12.0. The highest BCUT2D eigenvalue weighted by atomic mass is 16.5. The Bertz CT molecular complexity index is 624. The van der Waals surface area contributed by atoms with Crippen molar-refractivity contribution in [1.29, 1.82) is 0 Å². The van der Waals surface area contributed by atoms with Crippen LogP contribution in [0.4, 0.5) is 0 Å². The van der Waals surface area contributed by atoms with Crippen molar-refractivity contribution in [1.82, 2.24) is 20.4 Å². The van der Waals surface area contributed by atoms with Crippen molar-refractivity contribution in [3.05, 3.63) is 11.7 Å². The number of nitrogens with one attached hydrogen (secondary N) is 1. The molecule has 1 aromatic heterocycles. The van der Waals surface area contributed by atoms with E-state index >= 15 is 0 Å². The highest BCUT2D eigenvalue weighted by Crippen LogP contribution is 2.37. The van der Waals surface area contributed by atoms with E-state index in [0.717, 1.165) is 32.1 Å². The molecule has 2 heterocycles. The molecule has 25 heavy (non-hydrogen) atoms. The van der Waals surface area contributed by atoms with E-state index in [0.29, 0.717) is 37.8 Å². The molecule has 2 fully saturated rings. The minimum atomic E-state index is -0.538. The highest BCUT2D eigenvalue weighted by Gasteiger charge is 2.41. The molecule has 0 unspecified atom stereocenters. The molecule has 0 bridgehead atoms. The summed E-state index contributed by atoms with van der Waals surface area (Å²) in [7, 11) is 1.62. The average Bonchev–Trinajstić information content (AvgIpc) is 3.20. The van der Waals surface area contributed by atoms with Gasteiger partial charge in [-0.05, 0) is 12.8 Å². The average molecular weight is 350 g/mol. The van der Waals surface area contributed by atoms with Gasteiger partial charge in [-0.1, -0.05) is 24.4 Å². The van der Waals surface area contributed by atoms with Gasteiger partial charge in [0.1, 0.15) is 5.54 Å². The quantitative estimate of drug-likeness (QED) is 0.831. The van der Waals surface area contributed by atoms with Gasteiger partial charge in [-0.3, -0.25) is 9.59 Å². The summed E-state index contributed by atoms with van der Waals surface area (Å²) in [6.45, 7) is 3.17. The van der Waals surface area contributed by atoms with E-state index in [1.54, 1.807) is 12.0 Å². The molecular weight excluding hydrogens is 324 g/mol. The van der Waals surface area contributed by atoms with Gasteiger partial charge in [0.05, 0.1) is 12.5 Å². The molecule has 2 aliphatic rings. The summed E-state index contributed by atoms with van der Waals surface area (Å²) in [5.74, 6) is 0.924. The molecule has 8 heteroatoms. The Labute approximate surface area is 147 Å². The first kappa shape index (κ1) is 17.8. The summed E-state index contributed by atoms with van der Waals surface area (Å²) < 4.78 is 10.5. The van der Waals surface area contributed by atoms with Crippen molar-refractivity contribution in [3.8, 4) is 0 Å². The second-order valence-corrected chi connectivity index (χ2v) is 7.01. The third-order valence-electron chi connectivity index (χ3n) is 5.12. The molecule has 1 saturated carbocycles.